The number of benzene rings is 1. The number of nitrogens with one attached hydrogen (secondary N) is 1. The summed E-state index contributed by atoms with van der Waals surface area (Å²) < 4.78 is 45.6. The number of anilines is 2. The monoisotopic (exact) mass is 452 g/mol. The van der Waals surface area contributed by atoms with E-state index in [4.69, 9.17) is 4.42 Å². The Hall–Kier alpha value is -3.08. The van der Waals surface area contributed by atoms with Gasteiger partial charge in [0.05, 0.1) is 28.4 Å². The fourth-order valence-corrected chi connectivity index (χ4v) is 4.06. The van der Waals surface area contributed by atoms with Gasteiger partial charge in [0.1, 0.15) is 0 Å². The van der Waals surface area contributed by atoms with Crippen molar-refractivity contribution < 1.29 is 22.4 Å². The Balaban J connectivity index is 1.48. The van der Waals surface area contributed by atoms with Crippen LogP contribution in [0.1, 0.15) is 24.8 Å². The Kier molecular flexibility index (Phi) is 5.86. The highest BCUT2D eigenvalue weighted by molar-refractivity contribution is 7.13. The summed E-state index contributed by atoms with van der Waals surface area (Å²) in [6, 6.07) is 6.90. The van der Waals surface area contributed by atoms with Crippen molar-refractivity contribution in [2.45, 2.75) is 32.0 Å². The van der Waals surface area contributed by atoms with Gasteiger partial charge in [-0.25, -0.2) is 4.79 Å². The van der Waals surface area contributed by atoms with E-state index in [2.05, 4.69) is 10.4 Å². The molecule has 0 aliphatic carbocycles. The average Bonchev–Trinajstić information content (AvgIpc) is 3.48. The number of hydrogen-bond acceptors (Lipinski definition) is 6. The molecule has 0 bridgehead atoms. The van der Waals surface area contributed by atoms with Crippen molar-refractivity contribution in [2.24, 2.45) is 0 Å². The molecule has 2 aromatic heterocycles. The summed E-state index contributed by atoms with van der Waals surface area (Å²) in [7, 11) is 0. The Bertz CT molecular complexity index is 1120. The number of carbonyl (C=O) groups is 1. The Morgan fingerprint density at radius 2 is 2.00 bits per heavy atom. The molecule has 3 heterocycles. The molecule has 1 aromatic carbocycles. The Morgan fingerprint density at radius 3 is 2.68 bits per heavy atom. The van der Waals surface area contributed by atoms with E-state index in [1.54, 1.807) is 12.1 Å². The molecule has 1 amide bonds. The number of hydrogen-bond donors (Lipinski definition) is 1. The summed E-state index contributed by atoms with van der Waals surface area (Å²) in [5.41, 5.74) is -0.176. The van der Waals surface area contributed by atoms with Crippen molar-refractivity contribution in [3.63, 3.8) is 0 Å². The first-order chi connectivity index (χ1) is 14.8. The number of carbonyl (C=O) groups excluding carboxylic acids is 1. The topological polar surface area (TPSA) is 80.4 Å². The molecule has 7 nitrogen and oxygen atoms in total. The minimum absolute atomic E-state index is 0.0580. The van der Waals surface area contributed by atoms with E-state index >= 15 is 0 Å². The van der Waals surface area contributed by atoms with Crippen molar-refractivity contribution in [1.82, 2.24) is 9.78 Å². The van der Waals surface area contributed by atoms with Crippen molar-refractivity contribution >= 4 is 28.6 Å². The van der Waals surface area contributed by atoms with Gasteiger partial charge in [0, 0.05) is 19.5 Å². The van der Waals surface area contributed by atoms with Crippen molar-refractivity contribution in [3.05, 3.63) is 51.8 Å². The molecule has 3 aromatic rings. The largest absolute Gasteiger partial charge is 0.437 e. The molecular formula is C20H19F3N4O3S. The maximum absolute atomic E-state index is 13.2. The summed E-state index contributed by atoms with van der Waals surface area (Å²) in [6.07, 6.45) is -2.78. The van der Waals surface area contributed by atoms with Crippen molar-refractivity contribution in [2.75, 3.05) is 23.3 Å². The highest BCUT2D eigenvalue weighted by atomic mass is 32.1. The van der Waals surface area contributed by atoms with Gasteiger partial charge in [0.15, 0.2) is 0 Å². The molecule has 31 heavy (non-hydrogen) atoms. The number of nitrogens with zero attached hydrogens (tertiary/aromatic N) is 3. The van der Waals surface area contributed by atoms with E-state index in [1.165, 1.54) is 17.4 Å². The minimum atomic E-state index is -4.52. The van der Waals surface area contributed by atoms with E-state index < -0.39 is 23.4 Å². The highest BCUT2D eigenvalue weighted by Crippen LogP contribution is 2.36. The van der Waals surface area contributed by atoms with Gasteiger partial charge in [-0.15, -0.1) is 16.4 Å². The fourth-order valence-electron chi connectivity index (χ4n) is 3.41. The number of aryl methyl sites for hydroxylation is 1. The van der Waals surface area contributed by atoms with Crippen molar-refractivity contribution in [1.29, 1.82) is 0 Å². The predicted molar refractivity (Wildman–Crippen MR) is 110 cm³/mol. The number of rotatable bonds is 6. The lowest BCUT2D eigenvalue weighted by molar-refractivity contribution is -0.137. The normalized spacial score (nSPS) is 14.2. The SMILES string of the molecule is O=C(CCn1nc(-c2cccs2)oc1=O)Nc1cc(C(F)(F)F)ccc1N1CCCC1. The molecule has 11 heteroatoms. The molecule has 1 saturated heterocycles. The van der Waals surface area contributed by atoms with Gasteiger partial charge in [-0.05, 0) is 42.5 Å². The molecule has 0 unspecified atom stereocenters. The van der Waals surface area contributed by atoms with Crippen LogP contribution in [0.2, 0.25) is 0 Å². The molecule has 0 atom stereocenters. The predicted octanol–water partition coefficient (Wildman–Crippen LogP) is 4.21. The first-order valence-electron chi connectivity index (χ1n) is 9.69. The first-order valence-corrected chi connectivity index (χ1v) is 10.6. The summed E-state index contributed by atoms with van der Waals surface area (Å²) in [6.45, 7) is 1.37. The third-order valence-corrected chi connectivity index (χ3v) is 5.79. The van der Waals surface area contributed by atoms with Gasteiger partial charge in [-0.3, -0.25) is 4.79 Å². The highest BCUT2D eigenvalue weighted by Gasteiger charge is 2.32. The van der Waals surface area contributed by atoms with Gasteiger partial charge in [-0.1, -0.05) is 6.07 Å². The van der Waals surface area contributed by atoms with E-state index in [9.17, 15) is 22.8 Å². The third-order valence-electron chi connectivity index (χ3n) is 4.93. The zero-order valence-electron chi connectivity index (χ0n) is 16.3. The van der Waals surface area contributed by atoms with E-state index in [1.807, 2.05) is 10.3 Å². The zero-order valence-corrected chi connectivity index (χ0v) is 17.1. The molecule has 4 rings (SSSR count). The Labute approximate surface area is 179 Å². The lowest BCUT2D eigenvalue weighted by Crippen LogP contribution is -2.24. The lowest BCUT2D eigenvalue weighted by atomic mass is 10.1. The zero-order chi connectivity index (χ0) is 22.0. The van der Waals surface area contributed by atoms with E-state index in [0.717, 1.165) is 29.7 Å². The molecule has 1 aliphatic rings. The van der Waals surface area contributed by atoms with Gasteiger partial charge in [0.2, 0.25) is 5.91 Å². The molecule has 1 aliphatic heterocycles. The van der Waals surface area contributed by atoms with Crippen LogP contribution in [0.3, 0.4) is 0 Å². The van der Waals surface area contributed by atoms with Crippen LogP contribution in [0.15, 0.2) is 44.9 Å². The molecular weight excluding hydrogens is 433 g/mol. The number of alkyl halides is 3. The molecule has 0 radical (unpaired) electrons. The van der Waals surface area contributed by atoms with Crippen LogP contribution < -0.4 is 16.0 Å². The van der Waals surface area contributed by atoms with Crippen LogP contribution >= 0.6 is 11.3 Å². The van der Waals surface area contributed by atoms with Crippen LogP contribution in [0, 0.1) is 0 Å². The molecule has 164 valence electrons. The smallest absolute Gasteiger partial charge is 0.387 e. The second-order valence-corrected chi connectivity index (χ2v) is 8.04. The van der Waals surface area contributed by atoms with Crippen LogP contribution in [0.25, 0.3) is 10.8 Å². The standard InChI is InChI=1S/C20H19F3N4O3S/c21-20(22,23)13-5-6-15(26-8-1-2-9-26)14(12-13)24-17(28)7-10-27-19(29)30-18(25-27)16-4-3-11-31-16/h3-6,11-12H,1-2,7-10H2,(H,24,28). The lowest BCUT2D eigenvalue weighted by Gasteiger charge is -2.23. The molecule has 0 saturated carbocycles. The van der Waals surface area contributed by atoms with Crippen LogP contribution in [0.4, 0.5) is 24.5 Å². The minimum Gasteiger partial charge on any atom is -0.387 e. The summed E-state index contributed by atoms with van der Waals surface area (Å²) in [4.78, 5) is 27.1. The van der Waals surface area contributed by atoms with Gasteiger partial charge >= 0.3 is 11.9 Å². The third kappa shape index (κ3) is 4.82. The molecule has 1 N–H and O–H groups in total. The fraction of sp³-hybridized carbons (Fsp3) is 0.350. The van der Waals surface area contributed by atoms with Crippen molar-refractivity contribution in [3.8, 4) is 10.8 Å². The van der Waals surface area contributed by atoms with Gasteiger partial charge in [-0.2, -0.15) is 17.9 Å². The number of amides is 1. The summed E-state index contributed by atoms with van der Waals surface area (Å²) in [5, 5.41) is 8.46. The second-order valence-electron chi connectivity index (χ2n) is 7.10. The molecule has 0 spiro atoms. The first kappa shape index (κ1) is 21.2. The van der Waals surface area contributed by atoms with Crippen LogP contribution in [-0.2, 0) is 17.5 Å². The molecule has 1 fully saturated rings. The average molecular weight is 452 g/mol. The van der Waals surface area contributed by atoms with Crippen LogP contribution in [-0.4, -0.2) is 28.8 Å². The summed E-state index contributed by atoms with van der Waals surface area (Å²) >= 11 is 1.36. The van der Waals surface area contributed by atoms with Crippen LogP contribution in [0.5, 0.6) is 0 Å². The van der Waals surface area contributed by atoms with E-state index in [-0.39, 0.29) is 24.5 Å². The Morgan fingerprint density at radius 1 is 1.23 bits per heavy atom. The number of aromatic nitrogens is 2. The summed E-state index contributed by atoms with van der Waals surface area (Å²) in [5.74, 6) is -1.06. The van der Waals surface area contributed by atoms with E-state index in [0.29, 0.717) is 23.7 Å². The number of thiophene rings is 1. The quantitative estimate of drug-likeness (QED) is 0.606. The maximum Gasteiger partial charge on any atom is 0.437 e. The number of halogens is 3. The van der Waals surface area contributed by atoms with Gasteiger partial charge < -0.3 is 14.6 Å². The maximum atomic E-state index is 13.2. The van der Waals surface area contributed by atoms with Gasteiger partial charge in [0.25, 0.3) is 5.89 Å². The second kappa shape index (κ2) is 8.58.